The Balaban J connectivity index is 2.12. The molecule has 0 saturated carbocycles. The summed E-state index contributed by atoms with van der Waals surface area (Å²) in [6.45, 7) is 3.52. The van der Waals surface area contributed by atoms with Crippen LogP contribution in [0.3, 0.4) is 0 Å². The van der Waals surface area contributed by atoms with Gasteiger partial charge in [0.25, 0.3) is 0 Å². The predicted octanol–water partition coefficient (Wildman–Crippen LogP) is 1.97. The molecule has 1 atom stereocenters. The van der Waals surface area contributed by atoms with Gasteiger partial charge in [0.05, 0.1) is 11.6 Å². The smallest absolute Gasteiger partial charge is 0.246 e. The SMILES string of the molecule is CCOCCOc1cc2c(cc1Cl)C(NC)C(=O)N2. The van der Waals surface area contributed by atoms with E-state index in [0.29, 0.717) is 30.6 Å². The Bertz CT molecular complexity index is 479. The van der Waals surface area contributed by atoms with Crippen molar-refractivity contribution in [3.05, 3.63) is 22.7 Å². The van der Waals surface area contributed by atoms with Crippen LogP contribution in [0.15, 0.2) is 12.1 Å². The maximum Gasteiger partial charge on any atom is 0.246 e. The van der Waals surface area contributed by atoms with E-state index < -0.39 is 0 Å². The lowest BCUT2D eigenvalue weighted by Crippen LogP contribution is -2.23. The lowest BCUT2D eigenvalue weighted by atomic mass is 10.1. The third kappa shape index (κ3) is 3.00. The molecular formula is C13H17ClN2O3. The summed E-state index contributed by atoms with van der Waals surface area (Å²) < 4.78 is 10.7. The van der Waals surface area contributed by atoms with E-state index in [-0.39, 0.29) is 11.9 Å². The van der Waals surface area contributed by atoms with Crippen molar-refractivity contribution in [1.82, 2.24) is 5.32 Å². The van der Waals surface area contributed by atoms with Crippen LogP contribution >= 0.6 is 11.6 Å². The molecule has 0 bridgehead atoms. The Hall–Kier alpha value is -1.30. The molecule has 5 nitrogen and oxygen atoms in total. The molecular weight excluding hydrogens is 268 g/mol. The summed E-state index contributed by atoms with van der Waals surface area (Å²) in [6.07, 6.45) is 0. The van der Waals surface area contributed by atoms with Crippen LogP contribution in [-0.2, 0) is 9.53 Å². The van der Waals surface area contributed by atoms with Gasteiger partial charge in [-0.1, -0.05) is 11.6 Å². The Morgan fingerprint density at radius 1 is 1.42 bits per heavy atom. The highest BCUT2D eigenvalue weighted by Crippen LogP contribution is 2.38. The zero-order valence-electron chi connectivity index (χ0n) is 11.0. The molecule has 1 aromatic carbocycles. The van der Waals surface area contributed by atoms with Crippen molar-refractivity contribution in [2.45, 2.75) is 13.0 Å². The third-order valence-corrected chi connectivity index (χ3v) is 3.21. The highest BCUT2D eigenvalue weighted by molar-refractivity contribution is 6.32. The maximum atomic E-state index is 11.7. The first-order chi connectivity index (χ1) is 9.17. The van der Waals surface area contributed by atoms with Crippen LogP contribution in [0.5, 0.6) is 5.75 Å². The molecule has 1 unspecified atom stereocenters. The normalized spacial score (nSPS) is 17.2. The number of ether oxygens (including phenoxy) is 2. The van der Waals surface area contributed by atoms with Crippen LogP contribution in [-0.4, -0.2) is 32.8 Å². The Kier molecular flexibility index (Phi) is 4.63. The number of rotatable bonds is 6. The Morgan fingerprint density at radius 2 is 2.21 bits per heavy atom. The van der Waals surface area contributed by atoms with Gasteiger partial charge in [-0.2, -0.15) is 0 Å². The third-order valence-electron chi connectivity index (χ3n) is 2.91. The minimum Gasteiger partial charge on any atom is -0.490 e. The molecule has 0 aromatic heterocycles. The summed E-state index contributed by atoms with van der Waals surface area (Å²) in [4.78, 5) is 11.7. The van der Waals surface area contributed by atoms with Gasteiger partial charge >= 0.3 is 0 Å². The summed E-state index contributed by atoms with van der Waals surface area (Å²) in [6, 6.07) is 3.15. The number of anilines is 1. The van der Waals surface area contributed by atoms with E-state index in [2.05, 4.69) is 10.6 Å². The lowest BCUT2D eigenvalue weighted by molar-refractivity contribution is -0.117. The minimum absolute atomic E-state index is 0.0833. The van der Waals surface area contributed by atoms with E-state index >= 15 is 0 Å². The number of fused-ring (bicyclic) bond motifs is 1. The number of likely N-dealkylation sites (N-methyl/N-ethyl adjacent to an activating group) is 1. The van der Waals surface area contributed by atoms with Gasteiger partial charge < -0.3 is 20.1 Å². The number of hydrogen-bond acceptors (Lipinski definition) is 4. The first-order valence-electron chi connectivity index (χ1n) is 6.19. The Labute approximate surface area is 117 Å². The maximum absolute atomic E-state index is 11.7. The Morgan fingerprint density at radius 3 is 2.89 bits per heavy atom. The lowest BCUT2D eigenvalue weighted by Gasteiger charge is -2.11. The number of carbonyl (C=O) groups is 1. The van der Waals surface area contributed by atoms with Crippen molar-refractivity contribution in [1.29, 1.82) is 0 Å². The molecule has 0 aliphatic carbocycles. The summed E-state index contributed by atoms with van der Waals surface area (Å²) in [5.74, 6) is 0.470. The average molecular weight is 285 g/mol. The van der Waals surface area contributed by atoms with Crippen LogP contribution in [0.25, 0.3) is 0 Å². The van der Waals surface area contributed by atoms with Crippen LogP contribution in [0, 0.1) is 0 Å². The van der Waals surface area contributed by atoms with Gasteiger partial charge in [-0.3, -0.25) is 4.79 Å². The number of halogens is 1. The molecule has 2 rings (SSSR count). The van der Waals surface area contributed by atoms with Crippen LogP contribution in [0.2, 0.25) is 5.02 Å². The highest BCUT2D eigenvalue weighted by Gasteiger charge is 2.30. The van der Waals surface area contributed by atoms with Crippen LogP contribution in [0.1, 0.15) is 18.5 Å². The second kappa shape index (κ2) is 6.23. The fourth-order valence-corrected chi connectivity index (χ4v) is 2.24. The molecule has 2 N–H and O–H groups in total. The van der Waals surface area contributed by atoms with Crippen LogP contribution < -0.4 is 15.4 Å². The van der Waals surface area contributed by atoms with Crippen molar-refractivity contribution in [2.75, 3.05) is 32.2 Å². The summed E-state index contributed by atoms with van der Waals surface area (Å²) in [7, 11) is 1.74. The van der Waals surface area contributed by atoms with E-state index in [9.17, 15) is 4.79 Å². The zero-order chi connectivity index (χ0) is 13.8. The van der Waals surface area contributed by atoms with Crippen molar-refractivity contribution in [3.8, 4) is 5.75 Å². The van der Waals surface area contributed by atoms with Crippen LogP contribution in [0.4, 0.5) is 5.69 Å². The molecule has 0 radical (unpaired) electrons. The molecule has 6 heteroatoms. The van der Waals surface area contributed by atoms with Crippen molar-refractivity contribution >= 4 is 23.2 Å². The fourth-order valence-electron chi connectivity index (χ4n) is 2.01. The van der Waals surface area contributed by atoms with E-state index in [1.165, 1.54) is 0 Å². The van der Waals surface area contributed by atoms with E-state index in [1.807, 2.05) is 6.92 Å². The molecule has 1 aliphatic heterocycles. The molecule has 19 heavy (non-hydrogen) atoms. The minimum atomic E-state index is -0.357. The molecule has 104 valence electrons. The second-order valence-electron chi connectivity index (χ2n) is 4.13. The van der Waals surface area contributed by atoms with Crippen molar-refractivity contribution < 1.29 is 14.3 Å². The summed E-state index contributed by atoms with van der Waals surface area (Å²) in [5, 5.41) is 6.23. The van der Waals surface area contributed by atoms with Gasteiger partial charge in [0.1, 0.15) is 18.4 Å². The number of hydrogen-bond donors (Lipinski definition) is 2. The molecule has 1 aromatic rings. The molecule has 1 amide bonds. The number of nitrogens with one attached hydrogen (secondary N) is 2. The molecule has 0 fully saturated rings. The van der Waals surface area contributed by atoms with Gasteiger partial charge in [-0.15, -0.1) is 0 Å². The van der Waals surface area contributed by atoms with Gasteiger partial charge in [0.15, 0.2) is 0 Å². The number of carbonyl (C=O) groups excluding carboxylic acids is 1. The molecule has 0 saturated heterocycles. The molecule has 0 spiro atoms. The van der Waals surface area contributed by atoms with Crippen molar-refractivity contribution in [3.63, 3.8) is 0 Å². The monoisotopic (exact) mass is 284 g/mol. The van der Waals surface area contributed by atoms with E-state index in [1.54, 1.807) is 19.2 Å². The van der Waals surface area contributed by atoms with Gasteiger partial charge in [-0.05, 0) is 20.0 Å². The molecule has 1 heterocycles. The summed E-state index contributed by atoms with van der Waals surface area (Å²) in [5.41, 5.74) is 1.58. The number of benzene rings is 1. The average Bonchev–Trinajstić information content (AvgIpc) is 2.69. The zero-order valence-corrected chi connectivity index (χ0v) is 11.7. The first kappa shape index (κ1) is 14.1. The second-order valence-corrected chi connectivity index (χ2v) is 4.53. The molecule has 1 aliphatic rings. The predicted molar refractivity (Wildman–Crippen MR) is 73.9 cm³/mol. The first-order valence-corrected chi connectivity index (χ1v) is 6.57. The summed E-state index contributed by atoms with van der Waals surface area (Å²) >= 11 is 6.16. The van der Waals surface area contributed by atoms with Crippen molar-refractivity contribution in [2.24, 2.45) is 0 Å². The quantitative estimate of drug-likeness (QED) is 0.784. The van der Waals surface area contributed by atoms with Gasteiger partial charge in [0.2, 0.25) is 5.91 Å². The standard InChI is InChI=1S/C13H17ClN2O3/c1-3-18-4-5-19-11-7-10-8(6-9(11)14)12(15-2)13(17)16-10/h6-7,12,15H,3-5H2,1-2H3,(H,16,17). The van der Waals surface area contributed by atoms with Gasteiger partial charge in [0, 0.05) is 23.9 Å². The topological polar surface area (TPSA) is 59.6 Å². The highest BCUT2D eigenvalue weighted by atomic mass is 35.5. The largest absolute Gasteiger partial charge is 0.490 e. The number of amides is 1. The van der Waals surface area contributed by atoms with E-state index in [0.717, 1.165) is 11.3 Å². The van der Waals surface area contributed by atoms with E-state index in [4.69, 9.17) is 21.1 Å². The van der Waals surface area contributed by atoms with Gasteiger partial charge in [-0.25, -0.2) is 0 Å². The fraction of sp³-hybridized carbons (Fsp3) is 0.462.